The fraction of sp³-hybridized carbons (Fsp3) is 0.0952. The Bertz CT molecular complexity index is 990. The molecule has 0 aliphatic carbocycles. The second kappa shape index (κ2) is 9.00. The third-order valence-electron chi connectivity index (χ3n) is 3.84. The van der Waals surface area contributed by atoms with E-state index in [4.69, 9.17) is 16.3 Å². The molecule has 0 saturated heterocycles. The van der Waals surface area contributed by atoms with Gasteiger partial charge in [0.05, 0.1) is 10.2 Å². The van der Waals surface area contributed by atoms with E-state index in [1.807, 2.05) is 37.3 Å². The summed E-state index contributed by atoms with van der Waals surface area (Å²) in [4.78, 5) is 4.51. The monoisotopic (exact) mass is 509 g/mol. The summed E-state index contributed by atoms with van der Waals surface area (Å²) in [5.41, 5.74) is 3.44. The molecule has 0 aliphatic heterocycles. The first-order valence-electron chi connectivity index (χ1n) is 8.09. The maximum absolute atomic E-state index is 13.1. The number of nitrogens with zero attached hydrogens (tertiary/aromatic N) is 1. The van der Waals surface area contributed by atoms with E-state index in [0.29, 0.717) is 17.4 Å². The Morgan fingerprint density at radius 1 is 1.07 bits per heavy atom. The number of ether oxygens (including phenoxy) is 1. The molecule has 0 atom stereocenters. The molecule has 2 nitrogen and oxygen atoms in total. The van der Waals surface area contributed by atoms with Gasteiger partial charge < -0.3 is 4.74 Å². The van der Waals surface area contributed by atoms with Crippen LogP contribution in [0.2, 0.25) is 5.02 Å². The summed E-state index contributed by atoms with van der Waals surface area (Å²) in [6.45, 7) is 2.26. The molecule has 3 aromatic carbocycles. The smallest absolute Gasteiger partial charge is 0.142 e. The van der Waals surface area contributed by atoms with Gasteiger partial charge in [0.15, 0.2) is 0 Å². The van der Waals surface area contributed by atoms with Crippen LogP contribution in [0.4, 0.5) is 10.1 Å². The molecule has 3 aromatic rings. The van der Waals surface area contributed by atoms with Gasteiger partial charge in [-0.3, -0.25) is 4.99 Å². The topological polar surface area (TPSA) is 21.6 Å². The van der Waals surface area contributed by atoms with Gasteiger partial charge in [-0.05, 0) is 70.4 Å². The number of aryl methyl sites for hydroxylation is 1. The molecule has 0 unspecified atom stereocenters. The SMILES string of the molecule is Cc1ccc(N=Cc2cc(Br)cc(Br)c2OCc2ccc(F)cc2)cc1Cl. The van der Waals surface area contributed by atoms with E-state index in [2.05, 4.69) is 36.9 Å². The van der Waals surface area contributed by atoms with E-state index in [-0.39, 0.29) is 5.82 Å². The number of benzene rings is 3. The van der Waals surface area contributed by atoms with Crippen LogP contribution < -0.4 is 4.74 Å². The Morgan fingerprint density at radius 2 is 1.81 bits per heavy atom. The van der Waals surface area contributed by atoms with E-state index in [1.54, 1.807) is 18.3 Å². The van der Waals surface area contributed by atoms with Crippen molar-refractivity contribution < 1.29 is 9.13 Å². The number of hydrogen-bond acceptors (Lipinski definition) is 2. The molecule has 0 bridgehead atoms. The quantitative estimate of drug-likeness (QED) is 0.323. The molecular weight excluding hydrogens is 496 g/mol. The molecule has 138 valence electrons. The van der Waals surface area contributed by atoms with Crippen molar-refractivity contribution in [2.45, 2.75) is 13.5 Å². The van der Waals surface area contributed by atoms with Gasteiger partial charge in [0, 0.05) is 21.3 Å². The third kappa shape index (κ3) is 5.41. The van der Waals surface area contributed by atoms with E-state index < -0.39 is 0 Å². The molecule has 0 saturated carbocycles. The van der Waals surface area contributed by atoms with Crippen molar-refractivity contribution in [3.63, 3.8) is 0 Å². The summed E-state index contributed by atoms with van der Waals surface area (Å²) in [6.07, 6.45) is 1.73. The number of halogens is 4. The number of aliphatic imine (C=N–C) groups is 1. The predicted molar refractivity (Wildman–Crippen MR) is 116 cm³/mol. The van der Waals surface area contributed by atoms with E-state index in [9.17, 15) is 4.39 Å². The van der Waals surface area contributed by atoms with Gasteiger partial charge >= 0.3 is 0 Å². The molecule has 0 aromatic heterocycles. The lowest BCUT2D eigenvalue weighted by atomic mass is 10.2. The lowest BCUT2D eigenvalue weighted by Gasteiger charge is -2.12. The summed E-state index contributed by atoms with van der Waals surface area (Å²) < 4.78 is 20.7. The van der Waals surface area contributed by atoms with Crippen molar-refractivity contribution >= 4 is 55.4 Å². The summed E-state index contributed by atoms with van der Waals surface area (Å²) in [5, 5.41) is 0.674. The largest absolute Gasteiger partial charge is 0.487 e. The van der Waals surface area contributed by atoms with Crippen LogP contribution in [-0.4, -0.2) is 6.21 Å². The second-order valence-corrected chi connectivity index (χ2v) is 8.09. The van der Waals surface area contributed by atoms with Crippen LogP contribution in [0, 0.1) is 12.7 Å². The van der Waals surface area contributed by atoms with Gasteiger partial charge in [0.1, 0.15) is 18.2 Å². The molecule has 27 heavy (non-hydrogen) atoms. The maximum atomic E-state index is 13.1. The van der Waals surface area contributed by atoms with E-state index in [1.165, 1.54) is 12.1 Å². The minimum absolute atomic E-state index is 0.270. The molecule has 0 amide bonds. The van der Waals surface area contributed by atoms with Crippen molar-refractivity contribution in [1.29, 1.82) is 0 Å². The van der Waals surface area contributed by atoms with Crippen LogP contribution in [0.25, 0.3) is 0 Å². The maximum Gasteiger partial charge on any atom is 0.142 e. The summed E-state index contributed by atoms with van der Waals surface area (Å²) in [7, 11) is 0. The van der Waals surface area contributed by atoms with Gasteiger partial charge in [-0.15, -0.1) is 0 Å². The van der Waals surface area contributed by atoms with Crippen LogP contribution in [0.5, 0.6) is 5.75 Å². The highest BCUT2D eigenvalue weighted by atomic mass is 79.9. The van der Waals surface area contributed by atoms with Crippen molar-refractivity contribution in [1.82, 2.24) is 0 Å². The summed E-state index contributed by atoms with van der Waals surface area (Å²) in [6, 6.07) is 15.7. The van der Waals surface area contributed by atoms with Crippen LogP contribution in [-0.2, 0) is 6.61 Å². The fourth-order valence-electron chi connectivity index (χ4n) is 2.37. The zero-order valence-corrected chi connectivity index (χ0v) is 18.3. The first kappa shape index (κ1) is 20.1. The molecule has 0 N–H and O–H groups in total. The Balaban J connectivity index is 1.86. The van der Waals surface area contributed by atoms with Crippen LogP contribution in [0.1, 0.15) is 16.7 Å². The van der Waals surface area contributed by atoms with Crippen LogP contribution >= 0.6 is 43.5 Å². The van der Waals surface area contributed by atoms with Crippen LogP contribution in [0.15, 0.2) is 68.5 Å². The van der Waals surface area contributed by atoms with Crippen molar-refractivity contribution in [2.24, 2.45) is 4.99 Å². The third-order valence-corrected chi connectivity index (χ3v) is 5.30. The van der Waals surface area contributed by atoms with Gasteiger partial charge in [-0.25, -0.2) is 4.39 Å². The minimum atomic E-state index is -0.270. The highest BCUT2D eigenvalue weighted by molar-refractivity contribution is 9.11. The van der Waals surface area contributed by atoms with Crippen molar-refractivity contribution in [3.8, 4) is 5.75 Å². The first-order valence-corrected chi connectivity index (χ1v) is 10.1. The van der Waals surface area contributed by atoms with Gasteiger partial charge in [-0.1, -0.05) is 45.7 Å². The van der Waals surface area contributed by atoms with Gasteiger partial charge in [0.25, 0.3) is 0 Å². The highest BCUT2D eigenvalue weighted by Crippen LogP contribution is 2.33. The average Bonchev–Trinajstić information content (AvgIpc) is 2.63. The van der Waals surface area contributed by atoms with Crippen molar-refractivity contribution in [2.75, 3.05) is 0 Å². The molecule has 0 spiro atoms. The molecule has 0 fully saturated rings. The molecular formula is C21H15Br2ClFNO. The minimum Gasteiger partial charge on any atom is -0.487 e. The lowest BCUT2D eigenvalue weighted by molar-refractivity contribution is 0.303. The fourth-order valence-corrected chi connectivity index (χ4v) is 3.92. The zero-order valence-electron chi connectivity index (χ0n) is 14.3. The van der Waals surface area contributed by atoms with E-state index >= 15 is 0 Å². The molecule has 3 rings (SSSR count). The lowest BCUT2D eigenvalue weighted by Crippen LogP contribution is -2.00. The summed E-state index contributed by atoms with van der Waals surface area (Å²) >= 11 is 13.2. The highest BCUT2D eigenvalue weighted by Gasteiger charge is 2.10. The molecule has 0 aliphatic rings. The van der Waals surface area contributed by atoms with E-state index in [0.717, 1.165) is 31.3 Å². The zero-order chi connectivity index (χ0) is 19.4. The Kier molecular flexibility index (Phi) is 6.68. The normalized spacial score (nSPS) is 11.1. The Labute approximate surface area is 179 Å². The Morgan fingerprint density at radius 3 is 2.52 bits per heavy atom. The predicted octanol–water partition coefficient (Wildman–Crippen LogP) is 7.64. The van der Waals surface area contributed by atoms with Gasteiger partial charge in [0.2, 0.25) is 0 Å². The molecule has 0 heterocycles. The summed E-state index contributed by atoms with van der Waals surface area (Å²) in [5.74, 6) is 0.387. The molecule has 6 heteroatoms. The standard InChI is InChI=1S/C21H15Br2ClFNO/c1-13-2-7-18(10-20(13)24)26-11-15-8-16(22)9-19(23)21(15)27-12-14-3-5-17(25)6-4-14/h2-11H,12H2,1H3. The number of rotatable bonds is 5. The Hall–Kier alpha value is -1.69. The molecule has 0 radical (unpaired) electrons. The van der Waals surface area contributed by atoms with Gasteiger partial charge in [-0.2, -0.15) is 0 Å². The van der Waals surface area contributed by atoms with Crippen molar-refractivity contribution in [3.05, 3.63) is 91.1 Å². The number of hydrogen-bond donors (Lipinski definition) is 0. The second-order valence-electron chi connectivity index (χ2n) is 5.91. The average molecular weight is 512 g/mol. The first-order chi connectivity index (χ1) is 12.9. The van der Waals surface area contributed by atoms with Crippen LogP contribution in [0.3, 0.4) is 0 Å².